The van der Waals surface area contributed by atoms with Crippen molar-refractivity contribution in [3.63, 3.8) is 0 Å². The van der Waals surface area contributed by atoms with Gasteiger partial charge in [-0.1, -0.05) is 18.2 Å². The second-order valence-corrected chi connectivity index (χ2v) is 13.2. The van der Waals surface area contributed by atoms with E-state index in [1.54, 1.807) is 28.4 Å². The van der Waals surface area contributed by atoms with E-state index >= 15 is 0 Å². The van der Waals surface area contributed by atoms with Crippen molar-refractivity contribution in [1.82, 2.24) is 29.2 Å². The molecule has 11 nitrogen and oxygen atoms in total. The highest BCUT2D eigenvalue weighted by atomic mass is 19.4. The summed E-state index contributed by atoms with van der Waals surface area (Å²) in [6.07, 6.45) is 4.58. The molecule has 48 heavy (non-hydrogen) atoms. The quantitative estimate of drug-likeness (QED) is 0.293. The molecule has 252 valence electrons. The molecule has 2 saturated heterocycles. The maximum Gasteiger partial charge on any atom is 0.471 e. The molecule has 3 aliphatic rings. The van der Waals surface area contributed by atoms with Gasteiger partial charge < -0.3 is 20.2 Å². The number of fused-ring (bicyclic) bond motifs is 6. The highest BCUT2D eigenvalue weighted by molar-refractivity contribution is 5.82. The molecule has 3 aromatic heterocycles. The minimum Gasteiger partial charge on any atom is -0.384 e. The molecule has 0 saturated carbocycles. The smallest absolute Gasteiger partial charge is 0.384 e. The van der Waals surface area contributed by atoms with E-state index in [1.807, 2.05) is 42.5 Å². The van der Waals surface area contributed by atoms with Crippen LogP contribution in [0.25, 0.3) is 16.9 Å². The Morgan fingerprint density at radius 2 is 1.65 bits per heavy atom. The number of aromatic nitrogens is 5. The number of likely N-dealkylation sites (tertiary alicyclic amines) is 1. The number of allylic oxidation sites excluding steroid dienone is 2. The van der Waals surface area contributed by atoms with Crippen molar-refractivity contribution in [2.45, 2.75) is 63.8 Å². The zero-order valence-electron chi connectivity index (χ0n) is 26.6. The van der Waals surface area contributed by atoms with Crippen LogP contribution in [-0.2, 0) is 16.9 Å². The molecule has 3 aliphatic heterocycles. The summed E-state index contributed by atoms with van der Waals surface area (Å²) in [4.78, 5) is 42.2. The van der Waals surface area contributed by atoms with Gasteiger partial charge in [-0.25, -0.2) is 19.3 Å². The van der Waals surface area contributed by atoms with Crippen molar-refractivity contribution >= 4 is 34.3 Å². The fourth-order valence-electron chi connectivity index (χ4n) is 7.10. The molecular weight excluding hydrogens is 625 g/mol. The summed E-state index contributed by atoms with van der Waals surface area (Å²) in [6, 6.07) is 13.2. The predicted molar refractivity (Wildman–Crippen MR) is 174 cm³/mol. The number of nitrogens with one attached hydrogen (secondary N) is 1. The number of alkyl halides is 3. The number of amides is 1. The van der Waals surface area contributed by atoms with Crippen molar-refractivity contribution in [3.8, 4) is 5.82 Å². The largest absolute Gasteiger partial charge is 0.471 e. The number of nitrogens with zero attached hydrogens (tertiary/aromatic N) is 7. The van der Waals surface area contributed by atoms with Gasteiger partial charge in [0, 0.05) is 43.8 Å². The minimum atomic E-state index is -4.82. The number of rotatable bonds is 3. The van der Waals surface area contributed by atoms with E-state index in [9.17, 15) is 27.9 Å². The van der Waals surface area contributed by atoms with Crippen molar-refractivity contribution in [3.05, 3.63) is 76.9 Å². The second-order valence-electron chi connectivity index (χ2n) is 13.2. The molecule has 1 atom stereocenters. The van der Waals surface area contributed by atoms with Crippen LogP contribution >= 0.6 is 0 Å². The third kappa shape index (κ3) is 6.04. The summed E-state index contributed by atoms with van der Waals surface area (Å²) in [6.45, 7) is 3.91. The predicted octanol–water partition coefficient (Wildman–Crippen LogP) is 5.05. The van der Waals surface area contributed by atoms with E-state index in [0.717, 1.165) is 42.2 Å². The Balaban J connectivity index is 1.06. The first-order valence-electron chi connectivity index (χ1n) is 16.2. The molecule has 6 heterocycles. The van der Waals surface area contributed by atoms with Crippen molar-refractivity contribution in [2.24, 2.45) is 5.41 Å². The van der Waals surface area contributed by atoms with Gasteiger partial charge in [0.25, 0.3) is 5.56 Å². The van der Waals surface area contributed by atoms with Gasteiger partial charge in [0.05, 0.1) is 12.2 Å². The number of hydrogen-bond acceptors (Lipinski definition) is 8. The molecule has 0 aliphatic carbocycles. The molecule has 1 amide bonds. The normalized spacial score (nSPS) is 21.2. The Kier molecular flexibility index (Phi) is 8.01. The van der Waals surface area contributed by atoms with Crippen LogP contribution in [0, 0.1) is 5.41 Å². The topological polar surface area (TPSA) is 121 Å². The molecule has 2 N–H and O–H groups in total. The number of piperidine rings is 2. The summed E-state index contributed by atoms with van der Waals surface area (Å²) >= 11 is 0. The van der Waals surface area contributed by atoms with E-state index in [2.05, 4.69) is 15.2 Å². The Labute approximate surface area is 274 Å². The maximum atomic E-state index is 13.4. The molecule has 2 fully saturated rings. The van der Waals surface area contributed by atoms with Crippen LogP contribution in [0.3, 0.4) is 0 Å². The second kappa shape index (κ2) is 12.1. The number of carbonyl (C=O) groups excluding carboxylic acids is 1. The Morgan fingerprint density at radius 1 is 0.938 bits per heavy atom. The van der Waals surface area contributed by atoms with E-state index < -0.39 is 17.7 Å². The van der Waals surface area contributed by atoms with Gasteiger partial charge >= 0.3 is 12.1 Å². The summed E-state index contributed by atoms with van der Waals surface area (Å²) in [5.74, 6) is -0.964. The number of anilines is 3. The Morgan fingerprint density at radius 3 is 2.35 bits per heavy atom. The van der Waals surface area contributed by atoms with E-state index in [4.69, 9.17) is 9.97 Å². The molecule has 2 bridgehead atoms. The first-order chi connectivity index (χ1) is 22.9. The molecule has 7 rings (SSSR count). The lowest BCUT2D eigenvalue weighted by Crippen LogP contribution is -2.51. The molecule has 1 spiro atoms. The maximum absolute atomic E-state index is 13.4. The van der Waals surface area contributed by atoms with Gasteiger partial charge in [-0.2, -0.15) is 18.2 Å². The highest BCUT2D eigenvalue weighted by Gasteiger charge is 2.46. The van der Waals surface area contributed by atoms with Crippen LogP contribution in [0.1, 0.15) is 51.1 Å². The monoisotopic (exact) mass is 662 g/mol. The lowest BCUT2D eigenvalue weighted by molar-refractivity contribution is -0.187. The van der Waals surface area contributed by atoms with Crippen LogP contribution in [0.15, 0.2) is 65.6 Å². The SMILES string of the molecule is CC1(O)CCC=CCn2c(=O)c3cnc(Nc4ccc(N5CCC6(CCN(C(=O)C(F)(F)F)CC6)CC5)cc4)nc3n2-c2cccc1n2. The number of carbonyl (C=O) groups is 1. The fraction of sp³-hybridized carbons (Fsp3) is 0.441. The summed E-state index contributed by atoms with van der Waals surface area (Å²) in [7, 11) is 0. The summed E-state index contributed by atoms with van der Waals surface area (Å²) in [5.41, 5.74) is 1.28. The molecule has 1 unspecified atom stereocenters. The number of hydrogen-bond donors (Lipinski definition) is 2. The number of halogens is 3. The third-order valence-corrected chi connectivity index (χ3v) is 10.1. The lowest BCUT2D eigenvalue weighted by atomic mass is 9.71. The van der Waals surface area contributed by atoms with Gasteiger partial charge in [0.15, 0.2) is 11.5 Å². The van der Waals surface area contributed by atoms with Gasteiger partial charge in [-0.05, 0) is 87.3 Å². The van der Waals surface area contributed by atoms with Crippen LogP contribution in [-0.4, -0.2) is 72.6 Å². The first-order valence-corrected chi connectivity index (χ1v) is 16.2. The van der Waals surface area contributed by atoms with E-state index in [0.29, 0.717) is 60.7 Å². The zero-order valence-corrected chi connectivity index (χ0v) is 26.6. The Bertz CT molecular complexity index is 1910. The average molecular weight is 663 g/mol. The van der Waals surface area contributed by atoms with Crippen LogP contribution < -0.4 is 15.8 Å². The van der Waals surface area contributed by atoms with Crippen molar-refractivity contribution in [1.29, 1.82) is 0 Å². The van der Waals surface area contributed by atoms with Gasteiger partial charge in [-0.3, -0.25) is 9.59 Å². The number of aliphatic hydroxyl groups is 1. The highest BCUT2D eigenvalue weighted by Crippen LogP contribution is 2.43. The van der Waals surface area contributed by atoms with Gasteiger partial charge in [0.1, 0.15) is 11.0 Å². The van der Waals surface area contributed by atoms with Crippen molar-refractivity contribution < 1.29 is 23.1 Å². The van der Waals surface area contributed by atoms with E-state index in [-0.39, 0.29) is 24.1 Å². The van der Waals surface area contributed by atoms with Gasteiger partial charge in [-0.15, -0.1) is 0 Å². The molecular formula is C34H37F3N8O3. The van der Waals surface area contributed by atoms with Gasteiger partial charge in [0.2, 0.25) is 5.95 Å². The standard InChI is InChI=1S/C34H37F3N8O3/c1-32(48)12-3-2-4-17-44-29(46)25-22-38-31(41-28(25)45(44)27-7-5-6-26(32)40-27)39-23-8-10-24(11-9-23)42-18-13-33(14-19-42)15-20-43(21-16-33)30(47)34(35,36)37/h2,4-11,22,48H,3,12-21H2,1H3,(H,38,39,41). The van der Waals surface area contributed by atoms with E-state index in [1.165, 1.54) is 6.20 Å². The first kappa shape index (κ1) is 31.9. The molecule has 14 heteroatoms. The van der Waals surface area contributed by atoms with Crippen LogP contribution in [0.5, 0.6) is 0 Å². The summed E-state index contributed by atoms with van der Waals surface area (Å²) < 4.78 is 41.8. The van der Waals surface area contributed by atoms with Crippen LogP contribution in [0.4, 0.5) is 30.5 Å². The minimum absolute atomic E-state index is 0.0306. The zero-order chi connectivity index (χ0) is 33.7. The third-order valence-electron chi connectivity index (χ3n) is 10.1. The number of pyridine rings is 1. The lowest BCUT2D eigenvalue weighted by Gasteiger charge is -2.47. The Hall–Kier alpha value is -4.72. The molecule has 1 aromatic carbocycles. The van der Waals surface area contributed by atoms with Crippen LogP contribution in [0.2, 0.25) is 0 Å². The summed E-state index contributed by atoms with van der Waals surface area (Å²) in [5, 5.41) is 14.7. The molecule has 0 radical (unpaired) electrons. The number of benzene rings is 1. The van der Waals surface area contributed by atoms with Crippen molar-refractivity contribution in [2.75, 3.05) is 36.4 Å². The fourth-order valence-corrected chi connectivity index (χ4v) is 7.10. The average Bonchev–Trinajstić information content (AvgIpc) is 3.34. The molecule has 4 aromatic rings.